The molecule has 1 saturated heterocycles. The van der Waals surface area contributed by atoms with Crippen LogP contribution >= 0.6 is 0 Å². The van der Waals surface area contributed by atoms with Crippen molar-refractivity contribution >= 4 is 13.0 Å². The summed E-state index contributed by atoms with van der Waals surface area (Å²) >= 11 is 0. The summed E-state index contributed by atoms with van der Waals surface area (Å²) < 4.78 is 12.1. The number of nitrogens with zero attached hydrogens (tertiary/aromatic N) is 2. The Morgan fingerprint density at radius 2 is 2.00 bits per heavy atom. The summed E-state index contributed by atoms with van der Waals surface area (Å²) in [6.45, 7) is 9.45. The molecule has 0 aromatic rings. The zero-order chi connectivity index (χ0) is 16.1. The van der Waals surface area contributed by atoms with Crippen molar-refractivity contribution in [1.29, 1.82) is 5.26 Å². The maximum Gasteiger partial charge on any atom is 0.490 e. The minimum absolute atomic E-state index is 0.0685. The maximum absolute atomic E-state index is 12.2. The highest BCUT2D eigenvalue weighted by Gasteiger charge is 2.52. The third kappa shape index (κ3) is 2.57. The molecule has 2 unspecified atom stereocenters. The fraction of sp³-hybridized carbons (Fsp3) is 0.750. The first-order chi connectivity index (χ1) is 10.2. The minimum atomic E-state index is -0.334. The van der Waals surface area contributed by atoms with E-state index >= 15 is 0 Å². The Hall–Kier alpha value is -1.32. The SMILES string of the molecule is CC1(C)OB(C2=CCN(C(=O)C3CC3C#N)CC2)OC1(C)C. The Morgan fingerprint density at radius 1 is 1.36 bits per heavy atom. The molecule has 2 atom stereocenters. The van der Waals surface area contributed by atoms with E-state index in [2.05, 4.69) is 6.07 Å². The van der Waals surface area contributed by atoms with Crippen LogP contribution in [0.2, 0.25) is 0 Å². The zero-order valence-corrected chi connectivity index (χ0v) is 13.8. The molecule has 1 aliphatic carbocycles. The molecule has 0 spiro atoms. The Kier molecular flexibility index (Phi) is 3.62. The summed E-state index contributed by atoms with van der Waals surface area (Å²) in [7, 11) is -0.310. The standard InChI is InChI=1S/C16H23BN2O3/c1-15(2)16(3,4)22-17(21-15)12-5-7-19(8-6-12)14(20)13-9-11(13)10-18/h5,11,13H,6-9H2,1-4H3. The molecule has 1 saturated carbocycles. The van der Waals surface area contributed by atoms with Gasteiger partial charge in [-0.15, -0.1) is 0 Å². The molecule has 22 heavy (non-hydrogen) atoms. The van der Waals surface area contributed by atoms with Crippen LogP contribution in [0.15, 0.2) is 11.5 Å². The van der Waals surface area contributed by atoms with E-state index in [9.17, 15) is 4.79 Å². The van der Waals surface area contributed by atoms with Gasteiger partial charge < -0.3 is 14.2 Å². The molecule has 6 heteroatoms. The van der Waals surface area contributed by atoms with Crippen molar-refractivity contribution in [2.75, 3.05) is 13.1 Å². The fourth-order valence-corrected chi connectivity index (χ4v) is 2.94. The molecule has 3 rings (SSSR count). The topological polar surface area (TPSA) is 62.6 Å². The third-order valence-corrected chi connectivity index (χ3v) is 5.39. The van der Waals surface area contributed by atoms with Crippen LogP contribution in [0.1, 0.15) is 40.5 Å². The first-order valence-corrected chi connectivity index (χ1v) is 7.98. The number of carbonyl (C=O) groups excluding carboxylic acids is 1. The lowest BCUT2D eigenvalue weighted by atomic mass is 9.74. The van der Waals surface area contributed by atoms with E-state index in [4.69, 9.17) is 14.6 Å². The normalized spacial score (nSPS) is 32.4. The highest BCUT2D eigenvalue weighted by Crippen LogP contribution is 2.41. The van der Waals surface area contributed by atoms with Gasteiger partial charge in [0, 0.05) is 13.1 Å². The van der Waals surface area contributed by atoms with E-state index in [0.29, 0.717) is 13.1 Å². The second-order valence-corrected chi connectivity index (χ2v) is 7.48. The molecule has 3 aliphatic rings. The molecular formula is C16H23BN2O3. The molecule has 0 N–H and O–H groups in total. The summed E-state index contributed by atoms with van der Waals surface area (Å²) in [6, 6.07) is 2.18. The Balaban J connectivity index is 1.61. The molecule has 1 amide bonds. The lowest BCUT2D eigenvalue weighted by molar-refractivity contribution is -0.132. The van der Waals surface area contributed by atoms with Crippen molar-refractivity contribution < 1.29 is 14.1 Å². The van der Waals surface area contributed by atoms with Crippen molar-refractivity contribution in [2.45, 2.75) is 51.7 Å². The van der Waals surface area contributed by atoms with Gasteiger partial charge >= 0.3 is 7.12 Å². The predicted octanol–water partition coefficient (Wildman–Crippen LogP) is 1.94. The lowest BCUT2D eigenvalue weighted by Crippen LogP contribution is -2.41. The minimum Gasteiger partial charge on any atom is -0.400 e. The summed E-state index contributed by atoms with van der Waals surface area (Å²) in [5, 5.41) is 8.84. The first kappa shape index (κ1) is 15.6. The van der Waals surface area contributed by atoms with Crippen molar-refractivity contribution in [1.82, 2.24) is 4.90 Å². The second kappa shape index (κ2) is 5.11. The van der Waals surface area contributed by atoms with Crippen LogP contribution in [-0.4, -0.2) is 42.2 Å². The molecule has 2 fully saturated rings. The van der Waals surface area contributed by atoms with Crippen LogP contribution in [-0.2, 0) is 14.1 Å². The second-order valence-electron chi connectivity index (χ2n) is 7.48. The number of nitriles is 1. The molecule has 0 aromatic heterocycles. The van der Waals surface area contributed by atoms with Crippen LogP contribution in [0.3, 0.4) is 0 Å². The van der Waals surface area contributed by atoms with Gasteiger partial charge in [-0.2, -0.15) is 5.26 Å². The summed E-state index contributed by atoms with van der Waals surface area (Å²) in [4.78, 5) is 14.1. The average molecular weight is 302 g/mol. The number of rotatable bonds is 2. The predicted molar refractivity (Wildman–Crippen MR) is 82.6 cm³/mol. The number of carbonyl (C=O) groups is 1. The van der Waals surface area contributed by atoms with E-state index in [0.717, 1.165) is 18.3 Å². The van der Waals surface area contributed by atoms with Gasteiger partial charge in [-0.05, 0) is 46.0 Å². The molecule has 2 aliphatic heterocycles. The lowest BCUT2D eigenvalue weighted by Gasteiger charge is -2.32. The monoisotopic (exact) mass is 302 g/mol. The Morgan fingerprint density at radius 3 is 2.45 bits per heavy atom. The van der Waals surface area contributed by atoms with E-state index in [1.54, 1.807) is 0 Å². The highest BCUT2D eigenvalue weighted by atomic mass is 16.7. The van der Waals surface area contributed by atoms with Crippen molar-refractivity contribution in [3.63, 3.8) is 0 Å². The van der Waals surface area contributed by atoms with E-state index in [1.165, 1.54) is 0 Å². The van der Waals surface area contributed by atoms with Crippen LogP contribution in [0.25, 0.3) is 0 Å². The molecule has 0 bridgehead atoms. The van der Waals surface area contributed by atoms with Crippen molar-refractivity contribution in [2.24, 2.45) is 11.8 Å². The summed E-state index contributed by atoms with van der Waals surface area (Å²) in [5.74, 6) is -0.0199. The van der Waals surface area contributed by atoms with Crippen LogP contribution < -0.4 is 0 Å². The van der Waals surface area contributed by atoms with Gasteiger partial charge in [0.15, 0.2) is 0 Å². The van der Waals surface area contributed by atoms with Crippen molar-refractivity contribution in [3.8, 4) is 6.07 Å². The molecule has 0 radical (unpaired) electrons. The van der Waals surface area contributed by atoms with Crippen LogP contribution in [0, 0.1) is 23.2 Å². The molecule has 0 aromatic carbocycles. The van der Waals surface area contributed by atoms with Gasteiger partial charge in [0.05, 0.1) is 29.1 Å². The van der Waals surface area contributed by atoms with E-state index < -0.39 is 0 Å². The van der Waals surface area contributed by atoms with E-state index in [-0.39, 0.29) is 36.1 Å². The number of amides is 1. The van der Waals surface area contributed by atoms with Gasteiger partial charge in [0.1, 0.15) is 0 Å². The Labute approximate surface area is 132 Å². The van der Waals surface area contributed by atoms with E-state index in [1.807, 2.05) is 38.7 Å². The van der Waals surface area contributed by atoms with Gasteiger partial charge in [-0.1, -0.05) is 6.08 Å². The van der Waals surface area contributed by atoms with Gasteiger partial charge in [0.25, 0.3) is 0 Å². The van der Waals surface area contributed by atoms with Crippen LogP contribution in [0.5, 0.6) is 0 Å². The summed E-state index contributed by atoms with van der Waals surface area (Å²) in [6.07, 6.45) is 3.54. The molecule has 2 heterocycles. The van der Waals surface area contributed by atoms with Gasteiger partial charge in [0.2, 0.25) is 5.91 Å². The fourth-order valence-electron chi connectivity index (χ4n) is 2.94. The Bertz CT molecular complexity index is 548. The smallest absolute Gasteiger partial charge is 0.400 e. The van der Waals surface area contributed by atoms with Crippen LogP contribution in [0.4, 0.5) is 0 Å². The molecule has 5 nitrogen and oxygen atoms in total. The number of hydrogen-bond donors (Lipinski definition) is 0. The third-order valence-electron chi connectivity index (χ3n) is 5.39. The summed E-state index contributed by atoms with van der Waals surface area (Å²) in [5.41, 5.74) is 0.453. The van der Waals surface area contributed by atoms with Gasteiger partial charge in [-0.25, -0.2) is 0 Å². The molecular weight excluding hydrogens is 279 g/mol. The number of hydrogen-bond acceptors (Lipinski definition) is 4. The zero-order valence-electron chi connectivity index (χ0n) is 13.8. The molecule has 118 valence electrons. The quantitative estimate of drug-likeness (QED) is 0.731. The first-order valence-electron chi connectivity index (χ1n) is 7.98. The largest absolute Gasteiger partial charge is 0.490 e. The van der Waals surface area contributed by atoms with Gasteiger partial charge in [-0.3, -0.25) is 4.79 Å². The maximum atomic E-state index is 12.2. The average Bonchev–Trinajstić information content (AvgIpc) is 3.20. The van der Waals surface area contributed by atoms with Crippen molar-refractivity contribution in [3.05, 3.63) is 11.5 Å². The highest BCUT2D eigenvalue weighted by molar-refractivity contribution is 6.54.